The van der Waals surface area contributed by atoms with Gasteiger partial charge in [-0.2, -0.15) is 0 Å². The van der Waals surface area contributed by atoms with E-state index in [1.165, 1.54) is 7.11 Å². The zero-order chi connectivity index (χ0) is 28.8. The topological polar surface area (TPSA) is 94.6 Å². The summed E-state index contributed by atoms with van der Waals surface area (Å²) in [5.74, 6) is -1.48. The van der Waals surface area contributed by atoms with Gasteiger partial charge >= 0.3 is 5.97 Å². The third-order valence-electron chi connectivity index (χ3n) is 8.26. The van der Waals surface area contributed by atoms with Gasteiger partial charge in [-0.25, -0.2) is 0 Å². The number of methoxy groups -OCH3 is 1. The molecular formula is C32H38N2O7. The first-order valence-electron chi connectivity index (χ1n) is 14.2. The van der Waals surface area contributed by atoms with Crippen molar-refractivity contribution in [3.8, 4) is 0 Å². The van der Waals surface area contributed by atoms with Crippen LogP contribution >= 0.6 is 0 Å². The van der Waals surface area contributed by atoms with Crippen LogP contribution in [0.4, 0.5) is 0 Å². The standard InChI is InChI=1S/C32H38N2O7/c1-23-32(31(37)38-2)19-26(17-29(35)33-13-15-39-16-14-33)30(36)34(20-24-9-5-3-6-10-24)28(32)18-27(41-23)22-40-21-25-11-7-4-8-12-25/h3-12,18,23,26-27H,13-17,19-22H2,1-2H3/t23-,26+,27-,32+/m1/s1. The van der Waals surface area contributed by atoms with Crippen LogP contribution < -0.4 is 0 Å². The minimum absolute atomic E-state index is 0.00643. The second kappa shape index (κ2) is 13.0. The molecule has 0 saturated carbocycles. The molecule has 0 bridgehead atoms. The summed E-state index contributed by atoms with van der Waals surface area (Å²) < 4.78 is 23.1. The molecular weight excluding hydrogens is 524 g/mol. The Morgan fingerprint density at radius 1 is 1.00 bits per heavy atom. The Bertz CT molecular complexity index is 1250. The SMILES string of the molecule is COC(=O)[C@]12C[C@H](CC(=O)N3CCOCC3)C(=O)N(Cc3ccccc3)C1=C[C@H](COCc1ccccc1)O[C@@H]2C. The second-order valence-electron chi connectivity index (χ2n) is 10.8. The number of carbonyl (C=O) groups excluding carboxylic acids is 3. The highest BCUT2D eigenvalue weighted by molar-refractivity contribution is 5.92. The lowest BCUT2D eigenvalue weighted by molar-refractivity contribution is -0.178. The molecule has 9 heteroatoms. The molecule has 0 aromatic heterocycles. The smallest absolute Gasteiger partial charge is 0.320 e. The van der Waals surface area contributed by atoms with Crippen molar-refractivity contribution in [3.63, 3.8) is 0 Å². The number of benzene rings is 2. The molecule has 5 rings (SSSR count). The van der Waals surface area contributed by atoms with Crippen molar-refractivity contribution < 1.29 is 33.3 Å². The molecule has 0 aliphatic carbocycles. The summed E-state index contributed by atoms with van der Waals surface area (Å²) in [6.07, 6.45) is 0.881. The number of amides is 2. The van der Waals surface area contributed by atoms with Gasteiger partial charge in [-0.15, -0.1) is 0 Å². The summed E-state index contributed by atoms with van der Waals surface area (Å²) in [6.45, 7) is 4.70. The van der Waals surface area contributed by atoms with Crippen molar-refractivity contribution in [2.45, 2.75) is 45.1 Å². The van der Waals surface area contributed by atoms with E-state index in [9.17, 15) is 14.4 Å². The fraction of sp³-hybridized carbons (Fsp3) is 0.469. The van der Waals surface area contributed by atoms with E-state index in [1.54, 1.807) is 9.80 Å². The Morgan fingerprint density at radius 3 is 2.32 bits per heavy atom. The number of fused-ring (bicyclic) bond motifs is 1. The largest absolute Gasteiger partial charge is 0.468 e. The molecule has 0 unspecified atom stereocenters. The van der Waals surface area contributed by atoms with E-state index in [-0.39, 0.29) is 37.8 Å². The fourth-order valence-electron chi connectivity index (χ4n) is 6.10. The lowest BCUT2D eigenvalue weighted by atomic mass is 9.66. The Hall–Kier alpha value is -3.53. The molecule has 3 heterocycles. The molecule has 0 radical (unpaired) electrons. The van der Waals surface area contributed by atoms with E-state index < -0.39 is 29.5 Å². The first-order chi connectivity index (χ1) is 19.9. The number of ether oxygens (including phenoxy) is 4. The van der Waals surface area contributed by atoms with Crippen molar-refractivity contribution in [2.75, 3.05) is 40.0 Å². The summed E-state index contributed by atoms with van der Waals surface area (Å²) in [6, 6.07) is 19.5. The van der Waals surface area contributed by atoms with Gasteiger partial charge in [0.1, 0.15) is 11.5 Å². The van der Waals surface area contributed by atoms with Crippen molar-refractivity contribution in [1.29, 1.82) is 0 Å². The van der Waals surface area contributed by atoms with Gasteiger partial charge in [-0.1, -0.05) is 60.7 Å². The first-order valence-corrected chi connectivity index (χ1v) is 14.2. The van der Waals surface area contributed by atoms with Crippen LogP contribution in [0.25, 0.3) is 0 Å². The number of morpholine rings is 1. The molecule has 2 saturated heterocycles. The predicted molar refractivity (Wildman–Crippen MR) is 150 cm³/mol. The number of piperidine rings is 1. The Morgan fingerprint density at radius 2 is 1.66 bits per heavy atom. The van der Waals surface area contributed by atoms with Crippen LogP contribution in [0.1, 0.15) is 30.9 Å². The summed E-state index contributed by atoms with van der Waals surface area (Å²) >= 11 is 0. The maximum Gasteiger partial charge on any atom is 0.320 e. The van der Waals surface area contributed by atoms with Gasteiger partial charge in [0, 0.05) is 31.1 Å². The highest BCUT2D eigenvalue weighted by Crippen LogP contribution is 2.50. The third-order valence-corrected chi connectivity index (χ3v) is 8.26. The highest BCUT2D eigenvalue weighted by Gasteiger charge is 2.59. The number of esters is 1. The van der Waals surface area contributed by atoms with Gasteiger partial charge in [0.15, 0.2) is 0 Å². The number of nitrogens with zero attached hydrogens (tertiary/aromatic N) is 2. The summed E-state index contributed by atoms with van der Waals surface area (Å²) in [4.78, 5) is 44.5. The zero-order valence-corrected chi connectivity index (χ0v) is 23.7. The monoisotopic (exact) mass is 562 g/mol. The number of hydrogen-bond donors (Lipinski definition) is 0. The average molecular weight is 563 g/mol. The van der Waals surface area contributed by atoms with Crippen molar-refractivity contribution in [3.05, 3.63) is 83.6 Å². The number of likely N-dealkylation sites (tertiary alicyclic amines) is 1. The molecule has 9 nitrogen and oxygen atoms in total. The molecule has 3 aliphatic heterocycles. The minimum Gasteiger partial charge on any atom is -0.468 e. The van der Waals surface area contributed by atoms with E-state index >= 15 is 0 Å². The lowest BCUT2D eigenvalue weighted by Gasteiger charge is -2.51. The van der Waals surface area contributed by atoms with Crippen LogP contribution in [0.5, 0.6) is 0 Å². The van der Waals surface area contributed by atoms with Crippen molar-refractivity contribution in [2.24, 2.45) is 11.3 Å². The Labute approximate surface area is 241 Å². The van der Waals surface area contributed by atoms with E-state index in [2.05, 4.69) is 0 Å². The second-order valence-corrected chi connectivity index (χ2v) is 10.8. The van der Waals surface area contributed by atoms with E-state index in [0.29, 0.717) is 38.6 Å². The number of rotatable bonds is 9. The van der Waals surface area contributed by atoms with Gasteiger partial charge in [0.25, 0.3) is 0 Å². The first kappa shape index (κ1) is 29.0. The van der Waals surface area contributed by atoms with E-state index in [4.69, 9.17) is 18.9 Å². The molecule has 4 atom stereocenters. The van der Waals surface area contributed by atoms with Crippen LogP contribution in [-0.2, 0) is 46.5 Å². The van der Waals surface area contributed by atoms with Crippen LogP contribution in [0.2, 0.25) is 0 Å². The minimum atomic E-state index is -1.25. The Balaban J connectivity index is 1.46. The fourth-order valence-corrected chi connectivity index (χ4v) is 6.10. The lowest BCUT2D eigenvalue weighted by Crippen LogP contribution is -2.60. The maximum atomic E-state index is 14.1. The van der Waals surface area contributed by atoms with Gasteiger partial charge in [0.05, 0.1) is 46.2 Å². The zero-order valence-electron chi connectivity index (χ0n) is 23.7. The van der Waals surface area contributed by atoms with E-state index in [1.807, 2.05) is 73.7 Å². The predicted octanol–water partition coefficient (Wildman–Crippen LogP) is 3.33. The quantitative estimate of drug-likeness (QED) is 0.433. The maximum absolute atomic E-state index is 14.1. The van der Waals surface area contributed by atoms with Crippen LogP contribution in [0.15, 0.2) is 72.4 Å². The third kappa shape index (κ3) is 6.22. The molecule has 2 aromatic rings. The molecule has 0 N–H and O–H groups in total. The number of carbonyl (C=O) groups is 3. The molecule has 3 aliphatic rings. The van der Waals surface area contributed by atoms with Crippen molar-refractivity contribution >= 4 is 17.8 Å². The van der Waals surface area contributed by atoms with Crippen LogP contribution in [-0.4, -0.2) is 79.8 Å². The van der Waals surface area contributed by atoms with Gasteiger partial charge in [0.2, 0.25) is 11.8 Å². The molecule has 218 valence electrons. The highest BCUT2D eigenvalue weighted by atomic mass is 16.6. The molecule has 41 heavy (non-hydrogen) atoms. The molecule has 2 amide bonds. The number of hydrogen-bond acceptors (Lipinski definition) is 7. The molecule has 0 spiro atoms. The van der Waals surface area contributed by atoms with E-state index in [0.717, 1.165) is 11.1 Å². The van der Waals surface area contributed by atoms with Crippen LogP contribution in [0.3, 0.4) is 0 Å². The Kier molecular flexibility index (Phi) is 9.17. The summed E-state index contributed by atoms with van der Waals surface area (Å²) in [5.41, 5.74) is 1.26. The van der Waals surface area contributed by atoms with Crippen molar-refractivity contribution in [1.82, 2.24) is 9.80 Å². The van der Waals surface area contributed by atoms with Gasteiger partial charge in [-0.3, -0.25) is 14.4 Å². The van der Waals surface area contributed by atoms with Gasteiger partial charge < -0.3 is 28.7 Å². The van der Waals surface area contributed by atoms with Gasteiger partial charge in [-0.05, 0) is 30.5 Å². The summed E-state index contributed by atoms with van der Waals surface area (Å²) in [7, 11) is 1.35. The molecule has 2 fully saturated rings. The molecule has 2 aromatic carbocycles. The summed E-state index contributed by atoms with van der Waals surface area (Å²) in [5, 5.41) is 0. The van der Waals surface area contributed by atoms with Crippen LogP contribution in [0, 0.1) is 11.3 Å². The average Bonchev–Trinajstić information content (AvgIpc) is 3.01. The normalized spacial score (nSPS) is 26.2.